The first-order chi connectivity index (χ1) is 9.17. The number of benzene rings is 1. The van der Waals surface area contributed by atoms with Crippen molar-refractivity contribution in [1.29, 1.82) is 0 Å². The molecule has 0 unspecified atom stereocenters. The topological polar surface area (TPSA) is 39.4 Å². The first-order valence-electron chi connectivity index (χ1n) is 5.84. The lowest BCUT2D eigenvalue weighted by Gasteiger charge is -2.03. The Kier molecular flexibility index (Phi) is 2.87. The first-order valence-corrected chi connectivity index (χ1v) is 6.22. The highest BCUT2D eigenvalue weighted by Gasteiger charge is 2.09. The molecule has 0 saturated heterocycles. The smallest absolute Gasteiger partial charge is 0.237 e. The van der Waals surface area contributed by atoms with E-state index in [0.717, 1.165) is 22.8 Å². The highest BCUT2D eigenvalue weighted by Crippen LogP contribution is 2.23. The molecule has 0 bridgehead atoms. The van der Waals surface area contributed by atoms with Gasteiger partial charge < -0.3 is 4.74 Å². The summed E-state index contributed by atoms with van der Waals surface area (Å²) in [5.74, 6) is 1.34. The molecule has 0 saturated carbocycles. The van der Waals surface area contributed by atoms with Crippen molar-refractivity contribution in [3.8, 4) is 17.1 Å². The van der Waals surface area contributed by atoms with Crippen molar-refractivity contribution in [2.75, 3.05) is 7.11 Å². The summed E-state index contributed by atoms with van der Waals surface area (Å²) in [4.78, 5) is 8.90. The first kappa shape index (κ1) is 12.0. The van der Waals surface area contributed by atoms with E-state index in [4.69, 9.17) is 16.3 Å². The molecule has 0 aliphatic carbocycles. The van der Waals surface area contributed by atoms with Crippen LogP contribution in [0.4, 0.5) is 0 Å². The van der Waals surface area contributed by atoms with E-state index in [-0.39, 0.29) is 0 Å². The number of imidazole rings is 1. The number of ether oxygens (including phenoxy) is 1. The van der Waals surface area contributed by atoms with E-state index in [2.05, 4.69) is 9.97 Å². The Hall–Kier alpha value is -2.07. The van der Waals surface area contributed by atoms with Crippen molar-refractivity contribution < 1.29 is 4.74 Å². The summed E-state index contributed by atoms with van der Waals surface area (Å²) in [6.07, 6.45) is 1.91. The van der Waals surface area contributed by atoms with E-state index < -0.39 is 0 Å². The number of methoxy groups -OCH3 is 1. The average Bonchev–Trinajstić information content (AvgIpc) is 2.82. The van der Waals surface area contributed by atoms with Gasteiger partial charge in [-0.2, -0.15) is 0 Å². The fraction of sp³-hybridized carbons (Fsp3) is 0.143. The second-order valence-electron chi connectivity index (χ2n) is 4.24. The van der Waals surface area contributed by atoms with Crippen LogP contribution in [0.25, 0.3) is 17.0 Å². The summed E-state index contributed by atoms with van der Waals surface area (Å²) in [6.45, 7) is 1.92. The van der Waals surface area contributed by atoms with Crippen LogP contribution in [0, 0.1) is 6.92 Å². The normalized spacial score (nSPS) is 10.9. The molecule has 0 atom stereocenters. The highest BCUT2D eigenvalue weighted by molar-refractivity contribution is 6.30. The molecule has 0 spiro atoms. The standard InChI is InChI=1S/C14H12ClN3O/c1-9-7-13(19-2)18-8-12(17-14(18)16-9)10-3-5-11(15)6-4-10/h3-8H,1-2H3. The Morgan fingerprint density at radius 1 is 1.16 bits per heavy atom. The summed E-state index contributed by atoms with van der Waals surface area (Å²) >= 11 is 5.89. The van der Waals surface area contributed by atoms with Gasteiger partial charge in [-0.3, -0.25) is 4.40 Å². The van der Waals surface area contributed by atoms with Gasteiger partial charge >= 0.3 is 0 Å². The van der Waals surface area contributed by atoms with Crippen LogP contribution >= 0.6 is 11.6 Å². The molecule has 5 heteroatoms. The number of aryl methyl sites for hydroxylation is 1. The highest BCUT2D eigenvalue weighted by atomic mass is 35.5. The van der Waals surface area contributed by atoms with E-state index in [0.29, 0.717) is 10.8 Å². The number of fused-ring (bicyclic) bond motifs is 1. The summed E-state index contributed by atoms with van der Waals surface area (Å²) in [7, 11) is 1.64. The van der Waals surface area contributed by atoms with Gasteiger partial charge in [0.2, 0.25) is 11.7 Å². The fourth-order valence-electron chi connectivity index (χ4n) is 1.97. The quantitative estimate of drug-likeness (QED) is 0.719. The minimum absolute atomic E-state index is 0.627. The molecule has 0 amide bonds. The predicted molar refractivity (Wildman–Crippen MR) is 74.7 cm³/mol. The van der Waals surface area contributed by atoms with Crippen LogP contribution in [0.1, 0.15) is 5.69 Å². The third-order valence-electron chi connectivity index (χ3n) is 2.88. The molecule has 2 aromatic heterocycles. The third kappa shape index (κ3) is 2.15. The molecular formula is C14H12ClN3O. The molecule has 2 heterocycles. The van der Waals surface area contributed by atoms with Crippen molar-refractivity contribution in [2.24, 2.45) is 0 Å². The zero-order valence-corrected chi connectivity index (χ0v) is 11.3. The Bertz CT molecular complexity index is 734. The fourth-order valence-corrected chi connectivity index (χ4v) is 2.09. The summed E-state index contributed by atoms with van der Waals surface area (Å²) in [5, 5.41) is 0.707. The summed E-state index contributed by atoms with van der Waals surface area (Å²) < 4.78 is 7.17. The van der Waals surface area contributed by atoms with E-state index >= 15 is 0 Å². The van der Waals surface area contributed by atoms with Gasteiger partial charge in [0.25, 0.3) is 0 Å². The SMILES string of the molecule is COc1cc(C)nc2nc(-c3ccc(Cl)cc3)cn12. The maximum absolute atomic E-state index is 5.89. The summed E-state index contributed by atoms with van der Waals surface area (Å²) in [6, 6.07) is 9.43. The molecule has 4 nitrogen and oxygen atoms in total. The van der Waals surface area contributed by atoms with Crippen LogP contribution in [0.15, 0.2) is 36.5 Å². The Morgan fingerprint density at radius 2 is 1.89 bits per heavy atom. The van der Waals surface area contributed by atoms with Gasteiger partial charge in [-0.05, 0) is 19.1 Å². The maximum Gasteiger partial charge on any atom is 0.237 e. The summed E-state index contributed by atoms with van der Waals surface area (Å²) in [5.41, 5.74) is 2.71. The van der Waals surface area contributed by atoms with E-state index in [1.54, 1.807) is 7.11 Å². The molecule has 3 aromatic rings. The number of hydrogen-bond donors (Lipinski definition) is 0. The molecule has 0 radical (unpaired) electrons. The van der Waals surface area contributed by atoms with Crippen LogP contribution in [0.5, 0.6) is 5.88 Å². The van der Waals surface area contributed by atoms with Gasteiger partial charge in [-0.25, -0.2) is 9.97 Å². The lowest BCUT2D eigenvalue weighted by Crippen LogP contribution is -1.96. The van der Waals surface area contributed by atoms with E-state index in [9.17, 15) is 0 Å². The van der Waals surface area contributed by atoms with Crippen LogP contribution in [0.2, 0.25) is 5.02 Å². The van der Waals surface area contributed by atoms with Crippen LogP contribution < -0.4 is 4.74 Å². The number of aromatic nitrogens is 3. The molecule has 1 aromatic carbocycles. The predicted octanol–water partition coefficient (Wildman–Crippen LogP) is 3.37. The number of nitrogens with zero attached hydrogens (tertiary/aromatic N) is 3. The van der Waals surface area contributed by atoms with Gasteiger partial charge in [-0.15, -0.1) is 0 Å². The van der Waals surface area contributed by atoms with Gasteiger partial charge in [0.15, 0.2) is 0 Å². The van der Waals surface area contributed by atoms with Gasteiger partial charge in [0.05, 0.1) is 12.8 Å². The molecule has 0 fully saturated rings. The molecule has 0 N–H and O–H groups in total. The molecule has 3 rings (SSSR count). The lowest BCUT2D eigenvalue weighted by molar-refractivity contribution is 0.391. The Morgan fingerprint density at radius 3 is 2.58 bits per heavy atom. The van der Waals surface area contributed by atoms with Crippen molar-refractivity contribution in [2.45, 2.75) is 6.92 Å². The Labute approximate surface area is 115 Å². The zero-order valence-electron chi connectivity index (χ0n) is 10.6. The van der Waals surface area contributed by atoms with E-state index in [1.807, 2.05) is 47.9 Å². The monoisotopic (exact) mass is 273 g/mol. The third-order valence-corrected chi connectivity index (χ3v) is 3.13. The second-order valence-corrected chi connectivity index (χ2v) is 4.68. The number of hydrogen-bond acceptors (Lipinski definition) is 3. The zero-order chi connectivity index (χ0) is 13.4. The van der Waals surface area contributed by atoms with Crippen molar-refractivity contribution in [1.82, 2.24) is 14.4 Å². The largest absolute Gasteiger partial charge is 0.482 e. The van der Waals surface area contributed by atoms with Crippen LogP contribution in [0.3, 0.4) is 0 Å². The minimum Gasteiger partial charge on any atom is -0.482 e. The molecule has 0 aliphatic rings. The van der Waals surface area contributed by atoms with Gasteiger partial charge in [0, 0.05) is 28.5 Å². The minimum atomic E-state index is 0.627. The van der Waals surface area contributed by atoms with Crippen LogP contribution in [-0.2, 0) is 0 Å². The molecule has 96 valence electrons. The molecule has 19 heavy (non-hydrogen) atoms. The van der Waals surface area contributed by atoms with Crippen molar-refractivity contribution in [3.63, 3.8) is 0 Å². The molecule has 0 aliphatic heterocycles. The van der Waals surface area contributed by atoms with Crippen LogP contribution in [-0.4, -0.2) is 21.5 Å². The van der Waals surface area contributed by atoms with E-state index in [1.165, 1.54) is 0 Å². The van der Waals surface area contributed by atoms with Gasteiger partial charge in [0.1, 0.15) is 0 Å². The van der Waals surface area contributed by atoms with Crippen molar-refractivity contribution >= 4 is 17.4 Å². The maximum atomic E-state index is 5.89. The molecular weight excluding hydrogens is 262 g/mol. The number of halogens is 1. The number of rotatable bonds is 2. The lowest BCUT2D eigenvalue weighted by atomic mass is 10.2. The van der Waals surface area contributed by atoms with Crippen molar-refractivity contribution in [3.05, 3.63) is 47.2 Å². The average molecular weight is 274 g/mol. The van der Waals surface area contributed by atoms with Gasteiger partial charge in [-0.1, -0.05) is 23.7 Å². The second kappa shape index (κ2) is 4.55. The Balaban J connectivity index is 2.18.